The van der Waals surface area contributed by atoms with Crippen molar-refractivity contribution in [3.63, 3.8) is 0 Å². The fraction of sp³-hybridized carbons (Fsp3) is 0.429. The fourth-order valence-corrected chi connectivity index (χ4v) is 3.62. The van der Waals surface area contributed by atoms with Crippen molar-refractivity contribution in [2.45, 2.75) is 12.0 Å². The highest BCUT2D eigenvalue weighted by molar-refractivity contribution is 5.49. The highest BCUT2D eigenvalue weighted by Crippen LogP contribution is 2.40. The van der Waals surface area contributed by atoms with E-state index in [-0.39, 0.29) is 6.79 Å². The average molecular weight is 371 g/mol. The van der Waals surface area contributed by atoms with Gasteiger partial charge in [0.15, 0.2) is 11.5 Å². The van der Waals surface area contributed by atoms with Crippen LogP contribution in [-0.2, 0) is 10.3 Å². The van der Waals surface area contributed by atoms with Crippen LogP contribution in [0.1, 0.15) is 17.5 Å². The summed E-state index contributed by atoms with van der Waals surface area (Å²) in [5, 5.41) is 11.8. The van der Waals surface area contributed by atoms with Crippen molar-refractivity contribution in [3.05, 3.63) is 53.6 Å². The van der Waals surface area contributed by atoms with E-state index in [1.54, 1.807) is 7.11 Å². The lowest BCUT2D eigenvalue weighted by atomic mass is 9.83. The number of benzene rings is 2. The summed E-state index contributed by atoms with van der Waals surface area (Å²) in [6.07, 6.45) is 0.568. The molecule has 6 heteroatoms. The molecule has 4 rings (SSSR count). The van der Waals surface area contributed by atoms with Crippen molar-refractivity contribution in [1.29, 1.82) is 0 Å². The molecule has 0 amide bonds. The van der Waals surface area contributed by atoms with Crippen molar-refractivity contribution in [1.82, 2.24) is 4.90 Å². The summed E-state index contributed by atoms with van der Waals surface area (Å²) in [5.41, 5.74) is 0.492. The number of nitrogens with zero attached hydrogens (tertiary/aromatic N) is 1. The second-order valence-electron chi connectivity index (χ2n) is 6.86. The molecule has 1 saturated heterocycles. The molecule has 1 atom stereocenters. The highest BCUT2D eigenvalue weighted by atomic mass is 16.7. The molecule has 1 fully saturated rings. The number of methoxy groups -OCH3 is 1. The quantitative estimate of drug-likeness (QED) is 0.841. The van der Waals surface area contributed by atoms with Gasteiger partial charge in [0.05, 0.1) is 20.3 Å². The lowest BCUT2D eigenvalue weighted by Gasteiger charge is -2.34. The molecule has 2 heterocycles. The Bertz CT molecular complexity index is 773. The minimum Gasteiger partial charge on any atom is -0.497 e. The summed E-state index contributed by atoms with van der Waals surface area (Å²) in [6.45, 7) is 4.25. The van der Waals surface area contributed by atoms with Gasteiger partial charge >= 0.3 is 0 Å². The SMILES string of the molecule is COc1ccc([C@@](O)(CCN2CCOCC2)c2ccc3c(c2)OCO3)cc1. The van der Waals surface area contributed by atoms with Crippen molar-refractivity contribution in [2.75, 3.05) is 46.8 Å². The Morgan fingerprint density at radius 3 is 2.44 bits per heavy atom. The summed E-state index contributed by atoms with van der Waals surface area (Å²) in [4.78, 5) is 2.32. The molecule has 0 spiro atoms. The number of morpholine rings is 1. The van der Waals surface area contributed by atoms with E-state index in [9.17, 15) is 5.11 Å². The van der Waals surface area contributed by atoms with Crippen molar-refractivity contribution in [3.8, 4) is 17.2 Å². The third kappa shape index (κ3) is 3.74. The first-order chi connectivity index (χ1) is 13.2. The Kier molecular flexibility index (Phi) is 5.20. The fourth-order valence-electron chi connectivity index (χ4n) is 3.62. The van der Waals surface area contributed by atoms with Gasteiger partial charge in [0, 0.05) is 19.6 Å². The molecule has 0 aromatic heterocycles. The minimum absolute atomic E-state index is 0.216. The number of ether oxygens (including phenoxy) is 4. The van der Waals surface area contributed by atoms with Crippen molar-refractivity contribution in [2.24, 2.45) is 0 Å². The molecular formula is C21H25NO5. The van der Waals surface area contributed by atoms with E-state index in [0.717, 1.165) is 49.7 Å². The number of hydrogen-bond acceptors (Lipinski definition) is 6. The summed E-state index contributed by atoms with van der Waals surface area (Å²) in [6, 6.07) is 13.2. The predicted molar refractivity (Wildman–Crippen MR) is 100 cm³/mol. The summed E-state index contributed by atoms with van der Waals surface area (Å²) in [5.74, 6) is 2.15. The number of fused-ring (bicyclic) bond motifs is 1. The lowest BCUT2D eigenvalue weighted by molar-refractivity contribution is 0.0143. The van der Waals surface area contributed by atoms with Crippen LogP contribution in [0.2, 0.25) is 0 Å². The van der Waals surface area contributed by atoms with Crippen molar-refractivity contribution < 1.29 is 24.1 Å². The molecule has 0 radical (unpaired) electrons. The Morgan fingerprint density at radius 2 is 1.70 bits per heavy atom. The Morgan fingerprint density at radius 1 is 1.00 bits per heavy atom. The lowest BCUT2D eigenvalue weighted by Crippen LogP contribution is -2.40. The van der Waals surface area contributed by atoms with Gasteiger partial charge in [-0.1, -0.05) is 18.2 Å². The monoisotopic (exact) mass is 371 g/mol. The largest absolute Gasteiger partial charge is 0.497 e. The van der Waals surface area contributed by atoms with Crippen LogP contribution >= 0.6 is 0 Å². The van der Waals surface area contributed by atoms with E-state index >= 15 is 0 Å². The third-order valence-corrected chi connectivity index (χ3v) is 5.31. The summed E-state index contributed by atoms with van der Waals surface area (Å²) in [7, 11) is 1.64. The maximum absolute atomic E-state index is 11.8. The molecule has 0 unspecified atom stereocenters. The Balaban J connectivity index is 1.64. The molecule has 2 aliphatic heterocycles. The molecule has 27 heavy (non-hydrogen) atoms. The van der Waals surface area contributed by atoms with Gasteiger partial charge in [0.25, 0.3) is 0 Å². The Labute approximate surface area is 159 Å². The minimum atomic E-state index is -1.13. The van der Waals surface area contributed by atoms with Gasteiger partial charge in [-0.05, 0) is 41.8 Å². The van der Waals surface area contributed by atoms with E-state index in [1.165, 1.54) is 0 Å². The van der Waals surface area contributed by atoms with Crippen LogP contribution in [0.15, 0.2) is 42.5 Å². The maximum Gasteiger partial charge on any atom is 0.231 e. The van der Waals surface area contributed by atoms with E-state index in [0.29, 0.717) is 17.9 Å². The normalized spacial score (nSPS) is 18.9. The molecule has 0 bridgehead atoms. The van der Waals surface area contributed by atoms with E-state index < -0.39 is 5.60 Å². The van der Waals surface area contributed by atoms with Crippen LogP contribution in [0.25, 0.3) is 0 Å². The van der Waals surface area contributed by atoms with E-state index in [1.807, 2.05) is 42.5 Å². The molecule has 6 nitrogen and oxygen atoms in total. The van der Waals surface area contributed by atoms with Gasteiger partial charge in [-0.15, -0.1) is 0 Å². The first-order valence-electron chi connectivity index (χ1n) is 9.26. The zero-order valence-corrected chi connectivity index (χ0v) is 15.5. The number of aliphatic hydroxyl groups is 1. The third-order valence-electron chi connectivity index (χ3n) is 5.31. The van der Waals surface area contributed by atoms with Crippen LogP contribution in [0.4, 0.5) is 0 Å². The molecule has 2 aromatic rings. The van der Waals surface area contributed by atoms with Crippen LogP contribution in [0.3, 0.4) is 0 Å². The number of rotatable bonds is 6. The predicted octanol–water partition coefficient (Wildman–Crippen LogP) is 2.38. The standard InChI is InChI=1S/C21H25NO5/c1-24-18-5-2-16(3-6-18)21(23,8-9-22-10-12-25-13-11-22)17-4-7-19-20(14-17)27-15-26-19/h2-7,14,23H,8-13,15H2,1H3/t21-/m0/s1. The second-order valence-corrected chi connectivity index (χ2v) is 6.86. The van der Waals surface area contributed by atoms with Crippen LogP contribution in [0, 0.1) is 0 Å². The van der Waals surface area contributed by atoms with Gasteiger partial charge < -0.3 is 24.1 Å². The van der Waals surface area contributed by atoms with Gasteiger partial charge in [-0.25, -0.2) is 0 Å². The van der Waals surface area contributed by atoms with E-state index in [2.05, 4.69) is 4.90 Å². The number of hydrogen-bond donors (Lipinski definition) is 1. The van der Waals surface area contributed by atoms with Gasteiger partial charge in [-0.2, -0.15) is 0 Å². The zero-order chi connectivity index (χ0) is 18.7. The topological polar surface area (TPSA) is 60.4 Å². The molecule has 1 N–H and O–H groups in total. The van der Waals surface area contributed by atoms with Crippen LogP contribution in [0.5, 0.6) is 17.2 Å². The second kappa shape index (κ2) is 7.76. The summed E-state index contributed by atoms with van der Waals surface area (Å²) >= 11 is 0. The maximum atomic E-state index is 11.8. The van der Waals surface area contributed by atoms with Crippen molar-refractivity contribution >= 4 is 0 Å². The van der Waals surface area contributed by atoms with Gasteiger partial charge in [-0.3, -0.25) is 4.90 Å². The first kappa shape index (κ1) is 18.1. The molecule has 144 valence electrons. The van der Waals surface area contributed by atoms with E-state index in [4.69, 9.17) is 18.9 Å². The van der Waals surface area contributed by atoms with Crippen LogP contribution in [-0.4, -0.2) is 56.8 Å². The average Bonchev–Trinajstić information content (AvgIpc) is 3.21. The smallest absolute Gasteiger partial charge is 0.231 e. The Hall–Kier alpha value is -2.28. The first-order valence-corrected chi connectivity index (χ1v) is 9.26. The van der Waals surface area contributed by atoms with Gasteiger partial charge in [0.1, 0.15) is 11.4 Å². The molecular weight excluding hydrogens is 346 g/mol. The van der Waals surface area contributed by atoms with Crippen LogP contribution < -0.4 is 14.2 Å². The molecule has 2 aliphatic rings. The van der Waals surface area contributed by atoms with Gasteiger partial charge in [0.2, 0.25) is 6.79 Å². The molecule has 0 saturated carbocycles. The highest BCUT2D eigenvalue weighted by Gasteiger charge is 2.33. The molecule has 2 aromatic carbocycles. The molecule has 0 aliphatic carbocycles. The summed E-state index contributed by atoms with van der Waals surface area (Å²) < 4.78 is 21.6. The zero-order valence-electron chi connectivity index (χ0n) is 15.5.